The number of thiazole rings is 1. The maximum absolute atomic E-state index is 5.83. The van der Waals surface area contributed by atoms with E-state index in [0.29, 0.717) is 5.13 Å². The van der Waals surface area contributed by atoms with Crippen molar-refractivity contribution in [3.8, 4) is 11.3 Å². The Labute approximate surface area is 116 Å². The molecule has 0 aliphatic rings. The topological polar surface area (TPSA) is 42.1 Å². The average molecular weight is 279 g/mol. The zero-order chi connectivity index (χ0) is 13.0. The van der Waals surface area contributed by atoms with Gasteiger partial charge in [-0.1, -0.05) is 41.7 Å². The van der Waals surface area contributed by atoms with E-state index < -0.39 is 0 Å². The monoisotopic (exact) mass is 279 g/mol. The van der Waals surface area contributed by atoms with E-state index in [0.717, 1.165) is 23.6 Å². The van der Waals surface area contributed by atoms with Crippen molar-refractivity contribution in [2.45, 2.75) is 4.21 Å². The molecule has 1 aromatic carbocycles. The van der Waals surface area contributed by atoms with Gasteiger partial charge in [0, 0.05) is 17.9 Å². The molecule has 0 aliphatic carbocycles. The summed E-state index contributed by atoms with van der Waals surface area (Å²) >= 11 is 3.40. The Kier molecular flexibility index (Phi) is 4.63. The Morgan fingerprint density at radius 1 is 1.28 bits per heavy atom. The molecule has 0 radical (unpaired) electrons. The first-order chi connectivity index (χ1) is 8.66. The molecule has 0 saturated heterocycles. The maximum atomic E-state index is 5.83. The van der Waals surface area contributed by atoms with Crippen LogP contribution in [-0.2, 0) is 0 Å². The molecule has 0 atom stereocenters. The van der Waals surface area contributed by atoms with E-state index in [4.69, 9.17) is 5.73 Å². The minimum absolute atomic E-state index is 0.640. The van der Waals surface area contributed by atoms with Crippen LogP contribution in [0, 0.1) is 0 Å². The summed E-state index contributed by atoms with van der Waals surface area (Å²) in [4.78, 5) is 6.62. The number of rotatable bonds is 5. The van der Waals surface area contributed by atoms with E-state index in [1.54, 1.807) is 11.3 Å². The quantitative estimate of drug-likeness (QED) is 0.854. The zero-order valence-electron chi connectivity index (χ0n) is 10.6. The number of hydrogen-bond donors (Lipinski definition) is 1. The van der Waals surface area contributed by atoms with Gasteiger partial charge >= 0.3 is 0 Å². The summed E-state index contributed by atoms with van der Waals surface area (Å²) in [6, 6.07) is 10.2. The third-order valence-electron chi connectivity index (χ3n) is 2.43. The lowest BCUT2D eigenvalue weighted by molar-refractivity contribution is 0.437. The van der Waals surface area contributed by atoms with Crippen LogP contribution in [0.1, 0.15) is 0 Å². The average Bonchev–Trinajstić information content (AvgIpc) is 2.71. The Morgan fingerprint density at radius 2 is 2.00 bits per heavy atom. The Bertz CT molecular complexity index is 494. The molecule has 0 spiro atoms. The van der Waals surface area contributed by atoms with E-state index in [2.05, 4.69) is 36.1 Å². The summed E-state index contributed by atoms with van der Waals surface area (Å²) < 4.78 is 1.21. The van der Waals surface area contributed by atoms with Crippen molar-refractivity contribution >= 4 is 28.2 Å². The fourth-order valence-corrected chi connectivity index (χ4v) is 3.79. The zero-order valence-corrected chi connectivity index (χ0v) is 12.2. The number of aromatic nitrogens is 1. The van der Waals surface area contributed by atoms with Gasteiger partial charge in [-0.25, -0.2) is 4.98 Å². The van der Waals surface area contributed by atoms with Gasteiger partial charge in [-0.2, -0.15) is 0 Å². The summed E-state index contributed by atoms with van der Waals surface area (Å²) in [6.45, 7) is 1.05. The van der Waals surface area contributed by atoms with Gasteiger partial charge in [0.25, 0.3) is 0 Å². The number of nitrogen functional groups attached to an aromatic ring is 1. The third-order valence-corrected chi connectivity index (χ3v) is 4.56. The van der Waals surface area contributed by atoms with Gasteiger partial charge in [-0.05, 0) is 14.1 Å². The molecular weight excluding hydrogens is 262 g/mol. The molecule has 3 nitrogen and oxygen atoms in total. The molecular formula is C13H17N3S2. The molecule has 18 heavy (non-hydrogen) atoms. The van der Waals surface area contributed by atoms with Crippen LogP contribution in [0.3, 0.4) is 0 Å². The van der Waals surface area contributed by atoms with E-state index in [1.807, 2.05) is 30.0 Å². The highest BCUT2D eigenvalue weighted by Gasteiger charge is 2.11. The third kappa shape index (κ3) is 3.48. The van der Waals surface area contributed by atoms with Crippen LogP contribution in [0.2, 0.25) is 0 Å². The maximum Gasteiger partial charge on any atom is 0.181 e. The van der Waals surface area contributed by atoms with Gasteiger partial charge < -0.3 is 10.6 Å². The second-order valence-electron chi connectivity index (χ2n) is 4.21. The van der Waals surface area contributed by atoms with Crippen molar-refractivity contribution in [3.63, 3.8) is 0 Å². The van der Waals surface area contributed by atoms with Crippen LogP contribution in [0.4, 0.5) is 5.13 Å². The van der Waals surface area contributed by atoms with Crippen molar-refractivity contribution in [2.24, 2.45) is 0 Å². The van der Waals surface area contributed by atoms with Crippen LogP contribution in [0.15, 0.2) is 34.5 Å². The molecule has 0 saturated carbocycles. The van der Waals surface area contributed by atoms with Gasteiger partial charge in [0.15, 0.2) is 5.13 Å². The standard InChI is InChI=1S/C13H17N3S2/c1-16(2)8-9-17-12-11(15-13(14)18-12)10-6-4-3-5-7-10/h3-7H,8-9H2,1-2H3,(H2,14,15). The first-order valence-electron chi connectivity index (χ1n) is 5.76. The number of nitrogens with zero attached hydrogens (tertiary/aromatic N) is 2. The normalized spacial score (nSPS) is 11.1. The number of anilines is 1. The highest BCUT2D eigenvalue weighted by Crippen LogP contribution is 2.37. The van der Waals surface area contributed by atoms with E-state index in [1.165, 1.54) is 4.21 Å². The Balaban J connectivity index is 2.16. The molecule has 5 heteroatoms. The smallest absolute Gasteiger partial charge is 0.181 e. The van der Waals surface area contributed by atoms with Crippen molar-refractivity contribution in [1.29, 1.82) is 0 Å². The lowest BCUT2D eigenvalue weighted by Crippen LogP contribution is -2.14. The van der Waals surface area contributed by atoms with E-state index >= 15 is 0 Å². The minimum Gasteiger partial charge on any atom is -0.375 e. The van der Waals surface area contributed by atoms with Gasteiger partial charge in [0.05, 0.1) is 9.90 Å². The molecule has 1 heterocycles. The summed E-state index contributed by atoms with van der Waals surface area (Å²) in [5.41, 5.74) is 7.98. The van der Waals surface area contributed by atoms with Crippen molar-refractivity contribution in [1.82, 2.24) is 9.88 Å². The summed E-state index contributed by atoms with van der Waals surface area (Å²) in [7, 11) is 4.17. The summed E-state index contributed by atoms with van der Waals surface area (Å²) in [6.07, 6.45) is 0. The van der Waals surface area contributed by atoms with Gasteiger partial charge in [-0.15, -0.1) is 11.8 Å². The molecule has 1 aromatic heterocycles. The van der Waals surface area contributed by atoms with E-state index in [-0.39, 0.29) is 0 Å². The van der Waals surface area contributed by atoms with Gasteiger partial charge in [-0.3, -0.25) is 0 Å². The number of thioether (sulfide) groups is 1. The first kappa shape index (κ1) is 13.4. The molecule has 0 bridgehead atoms. The molecule has 2 rings (SSSR count). The largest absolute Gasteiger partial charge is 0.375 e. The van der Waals surface area contributed by atoms with Crippen molar-refractivity contribution < 1.29 is 0 Å². The molecule has 0 aliphatic heterocycles. The van der Waals surface area contributed by atoms with Gasteiger partial charge in [0.2, 0.25) is 0 Å². The lowest BCUT2D eigenvalue weighted by atomic mass is 10.2. The fourth-order valence-electron chi connectivity index (χ4n) is 1.52. The molecule has 2 N–H and O–H groups in total. The number of hydrogen-bond acceptors (Lipinski definition) is 5. The molecule has 0 unspecified atom stereocenters. The molecule has 0 amide bonds. The van der Waals surface area contributed by atoms with Crippen LogP contribution in [0.5, 0.6) is 0 Å². The Morgan fingerprint density at radius 3 is 2.67 bits per heavy atom. The van der Waals surface area contributed by atoms with Crippen molar-refractivity contribution in [2.75, 3.05) is 32.1 Å². The highest BCUT2D eigenvalue weighted by molar-refractivity contribution is 8.01. The van der Waals surface area contributed by atoms with Crippen LogP contribution < -0.4 is 5.73 Å². The number of nitrogens with two attached hydrogens (primary N) is 1. The molecule has 0 fully saturated rings. The van der Waals surface area contributed by atoms with Crippen LogP contribution >= 0.6 is 23.1 Å². The lowest BCUT2D eigenvalue weighted by Gasteiger charge is -2.08. The molecule has 96 valence electrons. The minimum atomic E-state index is 0.640. The van der Waals surface area contributed by atoms with Crippen molar-refractivity contribution in [3.05, 3.63) is 30.3 Å². The number of benzene rings is 1. The first-order valence-corrected chi connectivity index (χ1v) is 7.56. The van der Waals surface area contributed by atoms with Gasteiger partial charge in [0.1, 0.15) is 0 Å². The Hall–Kier alpha value is -1.04. The highest BCUT2D eigenvalue weighted by atomic mass is 32.2. The second-order valence-corrected chi connectivity index (χ2v) is 6.60. The SMILES string of the molecule is CN(C)CCSc1sc(N)nc1-c1ccccc1. The summed E-state index contributed by atoms with van der Waals surface area (Å²) in [5.74, 6) is 1.05. The van der Waals surface area contributed by atoms with Crippen LogP contribution in [0.25, 0.3) is 11.3 Å². The van der Waals surface area contributed by atoms with Crippen LogP contribution in [-0.4, -0.2) is 36.3 Å². The fraction of sp³-hybridized carbons (Fsp3) is 0.308. The van der Waals surface area contributed by atoms with E-state index in [9.17, 15) is 0 Å². The molecule has 2 aromatic rings. The predicted octanol–water partition coefficient (Wildman–Crippen LogP) is 3.05. The summed E-state index contributed by atoms with van der Waals surface area (Å²) in [5, 5.41) is 0.640. The second kappa shape index (κ2) is 6.22. The predicted molar refractivity (Wildman–Crippen MR) is 81.2 cm³/mol.